The average Bonchev–Trinajstić information content (AvgIpc) is 2.45. The molecule has 118 valence electrons. The number of carboxylic acid groups (broad SMARTS) is 1. The van der Waals surface area contributed by atoms with Gasteiger partial charge in [-0.25, -0.2) is 12.7 Å². The average molecular weight is 323 g/mol. The lowest BCUT2D eigenvalue weighted by Gasteiger charge is -2.13. The molecule has 7 heteroatoms. The summed E-state index contributed by atoms with van der Waals surface area (Å²) in [4.78, 5) is 10.8. The number of aliphatic carboxylic acids is 1. The summed E-state index contributed by atoms with van der Waals surface area (Å²) in [5.41, 5.74) is 0.484. The van der Waals surface area contributed by atoms with Gasteiger partial charge >= 0.3 is 5.97 Å². The molecule has 0 fully saturated rings. The van der Waals surface area contributed by atoms with Crippen molar-refractivity contribution in [3.63, 3.8) is 0 Å². The van der Waals surface area contributed by atoms with E-state index in [1.165, 1.54) is 20.2 Å². The molecule has 1 unspecified atom stereocenters. The summed E-state index contributed by atoms with van der Waals surface area (Å²) >= 11 is 0. The highest BCUT2D eigenvalue weighted by Gasteiger charge is 2.18. The summed E-state index contributed by atoms with van der Waals surface area (Å²) in [6, 6.07) is 9.62. The molecule has 0 aliphatic carbocycles. The van der Waals surface area contributed by atoms with Gasteiger partial charge in [-0.1, -0.05) is 18.2 Å². The number of rotatable bonds is 5. The first-order chi connectivity index (χ1) is 10.2. The summed E-state index contributed by atoms with van der Waals surface area (Å²) in [5.74, 6) is -1.08. The molecule has 2 N–H and O–H groups in total. The largest absolute Gasteiger partial charge is 0.481 e. The van der Waals surface area contributed by atoms with E-state index >= 15 is 0 Å². The molecule has 0 radical (unpaired) electrons. The molecule has 2 aromatic rings. The number of carboxylic acids is 1. The van der Waals surface area contributed by atoms with Gasteiger partial charge in [0.1, 0.15) is 0 Å². The molecule has 0 saturated carbocycles. The van der Waals surface area contributed by atoms with E-state index in [-0.39, 0.29) is 11.3 Å². The summed E-state index contributed by atoms with van der Waals surface area (Å²) < 4.78 is 25.3. The maximum absolute atomic E-state index is 12.1. The highest BCUT2D eigenvalue weighted by Crippen LogP contribution is 2.25. The van der Waals surface area contributed by atoms with E-state index in [1.54, 1.807) is 30.3 Å². The standard InChI is InChI=1S/C15H17NO5S/c1-16(2)22(20,21)13-6-5-10-7-12(4-3-11(10)8-13)14(17)9-15(18)19/h3-8,14,17H,9H2,1-2H3,(H,18,19). The van der Waals surface area contributed by atoms with Crippen LogP contribution < -0.4 is 0 Å². The van der Waals surface area contributed by atoms with Crippen LogP contribution in [0.2, 0.25) is 0 Å². The number of carbonyl (C=O) groups is 1. The van der Waals surface area contributed by atoms with Gasteiger partial charge in [0.15, 0.2) is 0 Å². The molecule has 2 rings (SSSR count). The Hall–Kier alpha value is -1.96. The quantitative estimate of drug-likeness (QED) is 0.871. The molecule has 0 amide bonds. The lowest BCUT2D eigenvalue weighted by molar-refractivity contribution is -0.139. The number of nitrogens with zero attached hydrogens (tertiary/aromatic N) is 1. The number of hydrogen-bond donors (Lipinski definition) is 2. The van der Waals surface area contributed by atoms with Crippen molar-refractivity contribution in [3.8, 4) is 0 Å². The summed E-state index contributed by atoms with van der Waals surface area (Å²) in [6.07, 6.45) is -1.47. The maximum atomic E-state index is 12.1. The third kappa shape index (κ3) is 3.27. The van der Waals surface area contributed by atoms with Gasteiger partial charge in [0.25, 0.3) is 0 Å². The van der Waals surface area contributed by atoms with Crippen LogP contribution in [0.15, 0.2) is 41.3 Å². The van der Waals surface area contributed by atoms with Crippen LogP contribution in [-0.2, 0) is 14.8 Å². The van der Waals surface area contributed by atoms with Crippen molar-refractivity contribution in [2.75, 3.05) is 14.1 Å². The number of fused-ring (bicyclic) bond motifs is 1. The highest BCUT2D eigenvalue weighted by atomic mass is 32.2. The normalized spacial score (nSPS) is 13.5. The van der Waals surface area contributed by atoms with E-state index in [4.69, 9.17) is 5.11 Å². The van der Waals surface area contributed by atoms with E-state index in [9.17, 15) is 18.3 Å². The fraction of sp³-hybridized carbons (Fsp3) is 0.267. The van der Waals surface area contributed by atoms with Crippen molar-refractivity contribution in [1.29, 1.82) is 0 Å². The molecule has 0 saturated heterocycles. The van der Waals surface area contributed by atoms with Gasteiger partial charge in [0, 0.05) is 14.1 Å². The van der Waals surface area contributed by atoms with Crippen molar-refractivity contribution >= 4 is 26.8 Å². The number of sulfonamides is 1. The van der Waals surface area contributed by atoms with Crippen molar-refractivity contribution in [2.24, 2.45) is 0 Å². The number of benzene rings is 2. The van der Waals surface area contributed by atoms with Crippen molar-refractivity contribution in [3.05, 3.63) is 42.0 Å². The Morgan fingerprint density at radius 1 is 1.14 bits per heavy atom. The topological polar surface area (TPSA) is 94.9 Å². The number of aliphatic hydroxyl groups is 1. The van der Waals surface area contributed by atoms with Gasteiger partial charge in [-0.05, 0) is 34.5 Å². The predicted molar refractivity (Wildman–Crippen MR) is 82.0 cm³/mol. The van der Waals surface area contributed by atoms with E-state index in [2.05, 4.69) is 0 Å². The van der Waals surface area contributed by atoms with Crippen LogP contribution in [0.25, 0.3) is 10.8 Å². The Kier molecular flexibility index (Phi) is 4.50. The van der Waals surface area contributed by atoms with Crippen LogP contribution in [0.3, 0.4) is 0 Å². The van der Waals surface area contributed by atoms with E-state index < -0.39 is 22.1 Å². The molecule has 0 heterocycles. The van der Waals surface area contributed by atoms with Crippen LogP contribution >= 0.6 is 0 Å². The molecule has 22 heavy (non-hydrogen) atoms. The van der Waals surface area contributed by atoms with Crippen LogP contribution in [0, 0.1) is 0 Å². The molecule has 0 aromatic heterocycles. The summed E-state index contributed by atoms with van der Waals surface area (Å²) in [7, 11) is -0.578. The van der Waals surface area contributed by atoms with Crippen molar-refractivity contribution in [1.82, 2.24) is 4.31 Å². The Balaban J connectivity index is 2.44. The third-order valence-electron chi connectivity index (χ3n) is 3.37. The molecular formula is C15H17NO5S. The highest BCUT2D eigenvalue weighted by molar-refractivity contribution is 7.89. The minimum atomic E-state index is -3.50. The zero-order chi connectivity index (χ0) is 16.5. The van der Waals surface area contributed by atoms with Gasteiger partial charge < -0.3 is 10.2 Å². The predicted octanol–water partition coefficient (Wildman–Crippen LogP) is 1.60. The fourth-order valence-corrected chi connectivity index (χ4v) is 3.04. The van der Waals surface area contributed by atoms with Gasteiger partial charge in [-0.2, -0.15) is 0 Å². The zero-order valence-corrected chi connectivity index (χ0v) is 13.0. The van der Waals surface area contributed by atoms with Gasteiger partial charge in [0.2, 0.25) is 10.0 Å². The monoisotopic (exact) mass is 323 g/mol. The number of aliphatic hydroxyl groups excluding tert-OH is 1. The first kappa shape index (κ1) is 16.4. The third-order valence-corrected chi connectivity index (χ3v) is 5.18. The van der Waals surface area contributed by atoms with Gasteiger partial charge in [-0.3, -0.25) is 4.79 Å². The lowest BCUT2D eigenvalue weighted by atomic mass is 10.0. The van der Waals surface area contributed by atoms with E-state index in [1.807, 2.05) is 0 Å². The maximum Gasteiger partial charge on any atom is 0.306 e. The van der Waals surface area contributed by atoms with Crippen LogP contribution in [-0.4, -0.2) is 43.0 Å². The molecule has 2 aromatic carbocycles. The molecular weight excluding hydrogens is 306 g/mol. The minimum absolute atomic E-state index is 0.184. The molecule has 1 atom stereocenters. The van der Waals surface area contributed by atoms with Crippen molar-refractivity contribution < 1.29 is 23.4 Å². The Bertz CT molecular complexity index is 814. The number of hydrogen-bond acceptors (Lipinski definition) is 4. The summed E-state index contributed by atoms with van der Waals surface area (Å²) in [6.45, 7) is 0. The van der Waals surface area contributed by atoms with Crippen LogP contribution in [0.5, 0.6) is 0 Å². The molecule has 0 spiro atoms. The van der Waals surface area contributed by atoms with Crippen molar-refractivity contribution in [2.45, 2.75) is 17.4 Å². The molecule has 0 bridgehead atoms. The minimum Gasteiger partial charge on any atom is -0.481 e. The fourth-order valence-electron chi connectivity index (χ4n) is 2.10. The smallest absolute Gasteiger partial charge is 0.306 e. The van der Waals surface area contributed by atoms with E-state index in [0.29, 0.717) is 10.9 Å². The van der Waals surface area contributed by atoms with Crippen LogP contribution in [0.4, 0.5) is 0 Å². The Labute approximate surface area is 128 Å². The van der Waals surface area contributed by atoms with E-state index in [0.717, 1.165) is 9.69 Å². The first-order valence-corrected chi connectivity index (χ1v) is 8.02. The lowest BCUT2D eigenvalue weighted by Crippen LogP contribution is -2.22. The summed E-state index contributed by atoms with van der Waals surface area (Å²) in [5, 5.41) is 20.0. The first-order valence-electron chi connectivity index (χ1n) is 6.58. The second-order valence-electron chi connectivity index (χ2n) is 5.17. The zero-order valence-electron chi connectivity index (χ0n) is 12.2. The molecule has 0 aliphatic heterocycles. The Morgan fingerprint density at radius 3 is 2.32 bits per heavy atom. The van der Waals surface area contributed by atoms with Gasteiger partial charge in [-0.15, -0.1) is 0 Å². The molecule has 0 aliphatic rings. The molecule has 6 nitrogen and oxygen atoms in total. The van der Waals surface area contributed by atoms with Crippen LogP contribution in [0.1, 0.15) is 18.1 Å². The second-order valence-corrected chi connectivity index (χ2v) is 7.32. The SMILES string of the molecule is CN(C)S(=O)(=O)c1ccc2cc(C(O)CC(=O)O)ccc2c1. The van der Waals surface area contributed by atoms with Gasteiger partial charge in [0.05, 0.1) is 17.4 Å². The second kappa shape index (κ2) is 6.04. The Morgan fingerprint density at radius 2 is 1.73 bits per heavy atom.